The molecule has 1 saturated heterocycles. The lowest BCUT2D eigenvalue weighted by Crippen LogP contribution is -2.24. The van der Waals surface area contributed by atoms with E-state index in [1.54, 1.807) is 0 Å². The first-order chi connectivity index (χ1) is 15.1. The molecule has 4 rings (SSSR count). The molecule has 7 heteroatoms. The van der Waals surface area contributed by atoms with Gasteiger partial charge in [0.15, 0.2) is 0 Å². The van der Waals surface area contributed by atoms with Gasteiger partial charge in [0.2, 0.25) is 5.95 Å². The number of likely N-dealkylation sites (tertiary alicyclic amines) is 1. The molecule has 1 fully saturated rings. The number of aromatic nitrogens is 2. The second-order valence-electron chi connectivity index (χ2n) is 8.24. The molecule has 1 aliphatic carbocycles. The second kappa shape index (κ2) is 10.2. The molecule has 31 heavy (non-hydrogen) atoms. The van der Waals surface area contributed by atoms with E-state index in [0.717, 1.165) is 48.1 Å². The highest BCUT2D eigenvalue weighted by atomic mass is 35.5. The average Bonchev–Trinajstić information content (AvgIpc) is 3.27. The Morgan fingerprint density at radius 2 is 1.90 bits per heavy atom. The number of halogens is 1. The Hall–Kier alpha value is -2.57. The molecule has 2 aromatic rings. The molecule has 6 nitrogen and oxygen atoms in total. The Morgan fingerprint density at radius 1 is 1.13 bits per heavy atom. The van der Waals surface area contributed by atoms with Gasteiger partial charge < -0.3 is 15.4 Å². The normalized spacial score (nSPS) is 19.0. The minimum absolute atomic E-state index is 0.310. The number of benzene rings is 1. The van der Waals surface area contributed by atoms with Crippen LogP contribution >= 0.6 is 11.6 Å². The molecule has 2 heterocycles. The summed E-state index contributed by atoms with van der Waals surface area (Å²) in [6, 6.07) is 7.56. The van der Waals surface area contributed by atoms with Crippen LogP contribution in [-0.4, -0.2) is 41.1 Å². The summed E-state index contributed by atoms with van der Waals surface area (Å²) in [5, 5.41) is 7.43. The van der Waals surface area contributed by atoms with Crippen LogP contribution in [-0.2, 0) is 4.74 Å². The fraction of sp³-hybridized carbons (Fsp3) is 0.417. The van der Waals surface area contributed by atoms with Crippen LogP contribution in [0, 0.1) is 12.8 Å². The Labute approximate surface area is 189 Å². The number of hydrogen-bond donors (Lipinski definition) is 2. The van der Waals surface area contributed by atoms with Gasteiger partial charge in [-0.25, -0.2) is 4.98 Å². The third kappa shape index (κ3) is 5.99. The van der Waals surface area contributed by atoms with Crippen molar-refractivity contribution >= 4 is 29.1 Å². The van der Waals surface area contributed by atoms with Gasteiger partial charge in [0.25, 0.3) is 0 Å². The molecular weight excluding hydrogens is 410 g/mol. The maximum Gasteiger partial charge on any atom is 0.228 e. The smallest absolute Gasteiger partial charge is 0.228 e. The monoisotopic (exact) mass is 439 g/mol. The van der Waals surface area contributed by atoms with Crippen LogP contribution in [0.2, 0.25) is 5.02 Å². The van der Waals surface area contributed by atoms with Crippen molar-refractivity contribution in [3.8, 4) is 0 Å². The fourth-order valence-electron chi connectivity index (χ4n) is 3.84. The summed E-state index contributed by atoms with van der Waals surface area (Å²) in [4.78, 5) is 11.6. The summed E-state index contributed by atoms with van der Waals surface area (Å²) < 4.78 is 6.02. The third-order valence-electron chi connectivity index (χ3n) is 5.72. The van der Waals surface area contributed by atoms with E-state index in [2.05, 4.69) is 44.6 Å². The SMILES string of the molecule is Cc1cnc(NC2=CC=C(OCCN3CCCC3)CC2C)nc1Nc1ccc(Cl)cc1. The molecule has 0 bridgehead atoms. The molecule has 1 aromatic heterocycles. The molecule has 1 aromatic carbocycles. The molecule has 0 spiro atoms. The Morgan fingerprint density at radius 3 is 2.65 bits per heavy atom. The molecule has 2 aliphatic rings. The van der Waals surface area contributed by atoms with Gasteiger partial charge in [-0.3, -0.25) is 4.90 Å². The number of allylic oxidation sites excluding steroid dienone is 4. The van der Waals surface area contributed by atoms with E-state index in [1.807, 2.05) is 37.4 Å². The zero-order valence-corrected chi connectivity index (χ0v) is 19.0. The lowest BCUT2D eigenvalue weighted by molar-refractivity contribution is 0.160. The van der Waals surface area contributed by atoms with Crippen LogP contribution < -0.4 is 10.6 Å². The quantitative estimate of drug-likeness (QED) is 0.565. The first-order valence-corrected chi connectivity index (χ1v) is 11.3. The molecule has 1 atom stereocenters. The number of aryl methyl sites for hydroxylation is 1. The molecule has 1 unspecified atom stereocenters. The summed E-state index contributed by atoms with van der Waals surface area (Å²) in [6.45, 7) is 8.36. The first-order valence-electron chi connectivity index (χ1n) is 11.0. The standard InChI is InChI=1S/C24H30ClN5O/c1-17-15-21(31-14-13-30-11-3-4-12-30)9-10-22(17)28-24-26-16-18(2)23(29-24)27-20-7-5-19(25)6-8-20/h5-10,16-17H,3-4,11-15H2,1-2H3,(H2,26,27,28,29). The van der Waals surface area contributed by atoms with Gasteiger partial charge in [-0.1, -0.05) is 18.5 Å². The highest BCUT2D eigenvalue weighted by molar-refractivity contribution is 6.30. The van der Waals surface area contributed by atoms with Crippen molar-refractivity contribution < 1.29 is 4.74 Å². The summed E-state index contributed by atoms with van der Waals surface area (Å²) in [5.41, 5.74) is 2.99. The minimum Gasteiger partial charge on any atom is -0.497 e. The Balaban J connectivity index is 1.37. The van der Waals surface area contributed by atoms with E-state index in [4.69, 9.17) is 16.3 Å². The predicted molar refractivity (Wildman–Crippen MR) is 127 cm³/mol. The number of rotatable bonds is 8. The van der Waals surface area contributed by atoms with E-state index in [1.165, 1.54) is 25.9 Å². The van der Waals surface area contributed by atoms with Crippen molar-refractivity contribution in [1.29, 1.82) is 0 Å². The predicted octanol–water partition coefficient (Wildman–Crippen LogP) is 5.51. The minimum atomic E-state index is 0.310. The van der Waals surface area contributed by atoms with Crippen molar-refractivity contribution in [2.75, 3.05) is 36.9 Å². The van der Waals surface area contributed by atoms with Gasteiger partial charge >= 0.3 is 0 Å². The number of nitrogens with zero attached hydrogens (tertiary/aromatic N) is 3. The number of hydrogen-bond acceptors (Lipinski definition) is 6. The zero-order valence-electron chi connectivity index (χ0n) is 18.2. The van der Waals surface area contributed by atoms with E-state index in [9.17, 15) is 0 Å². The van der Waals surface area contributed by atoms with Gasteiger partial charge in [0.05, 0.1) is 5.76 Å². The lowest BCUT2D eigenvalue weighted by atomic mass is 9.97. The molecule has 2 N–H and O–H groups in total. The van der Waals surface area contributed by atoms with Gasteiger partial charge in [-0.2, -0.15) is 4.98 Å². The molecule has 0 radical (unpaired) electrons. The molecule has 0 amide bonds. The van der Waals surface area contributed by atoms with Gasteiger partial charge in [-0.15, -0.1) is 0 Å². The Bertz CT molecular complexity index is 951. The summed E-state index contributed by atoms with van der Waals surface area (Å²) >= 11 is 5.98. The molecule has 1 aliphatic heterocycles. The molecule has 164 valence electrons. The van der Waals surface area contributed by atoms with E-state index >= 15 is 0 Å². The highest BCUT2D eigenvalue weighted by Crippen LogP contribution is 2.27. The van der Waals surface area contributed by atoms with Gasteiger partial charge in [0.1, 0.15) is 12.4 Å². The van der Waals surface area contributed by atoms with Crippen LogP contribution in [0.1, 0.15) is 31.7 Å². The number of anilines is 3. The van der Waals surface area contributed by atoms with E-state index in [0.29, 0.717) is 16.9 Å². The van der Waals surface area contributed by atoms with Crippen molar-refractivity contribution in [1.82, 2.24) is 14.9 Å². The zero-order chi connectivity index (χ0) is 21.6. The van der Waals surface area contributed by atoms with Crippen molar-refractivity contribution in [2.24, 2.45) is 5.92 Å². The largest absolute Gasteiger partial charge is 0.497 e. The Kier molecular flexibility index (Phi) is 7.10. The maximum atomic E-state index is 6.02. The molecular formula is C24H30ClN5O. The van der Waals surface area contributed by atoms with E-state index < -0.39 is 0 Å². The van der Waals surface area contributed by atoms with Crippen molar-refractivity contribution in [2.45, 2.75) is 33.1 Å². The lowest BCUT2D eigenvalue weighted by Gasteiger charge is -2.23. The number of ether oxygens (including phenoxy) is 1. The van der Waals surface area contributed by atoms with E-state index in [-0.39, 0.29) is 0 Å². The first kappa shape index (κ1) is 21.7. The van der Waals surface area contributed by atoms with Crippen LogP contribution in [0.4, 0.5) is 17.5 Å². The van der Waals surface area contributed by atoms with Crippen molar-refractivity contribution in [3.05, 3.63) is 64.7 Å². The fourth-order valence-corrected chi connectivity index (χ4v) is 3.96. The van der Waals surface area contributed by atoms with Crippen LogP contribution in [0.3, 0.4) is 0 Å². The summed E-state index contributed by atoms with van der Waals surface area (Å²) in [6.07, 6.45) is 9.47. The van der Waals surface area contributed by atoms with Gasteiger partial charge in [0, 0.05) is 47.1 Å². The average molecular weight is 440 g/mol. The number of nitrogens with one attached hydrogen (secondary N) is 2. The summed E-state index contributed by atoms with van der Waals surface area (Å²) in [7, 11) is 0. The third-order valence-corrected chi connectivity index (χ3v) is 5.97. The topological polar surface area (TPSA) is 62.3 Å². The van der Waals surface area contributed by atoms with Crippen LogP contribution in [0.15, 0.2) is 54.1 Å². The van der Waals surface area contributed by atoms with Crippen LogP contribution in [0.25, 0.3) is 0 Å². The second-order valence-corrected chi connectivity index (χ2v) is 8.68. The van der Waals surface area contributed by atoms with Crippen LogP contribution in [0.5, 0.6) is 0 Å². The maximum absolute atomic E-state index is 6.02. The van der Waals surface area contributed by atoms with Crippen molar-refractivity contribution in [3.63, 3.8) is 0 Å². The highest BCUT2D eigenvalue weighted by Gasteiger charge is 2.18. The molecule has 0 saturated carbocycles. The summed E-state index contributed by atoms with van der Waals surface area (Å²) in [5.74, 6) is 2.70. The van der Waals surface area contributed by atoms with Gasteiger partial charge in [-0.05, 0) is 69.3 Å².